The van der Waals surface area contributed by atoms with Gasteiger partial charge in [0.15, 0.2) is 0 Å². The number of hydrogen-bond acceptors (Lipinski definition) is 4. The Bertz CT molecular complexity index is 665. The smallest absolute Gasteiger partial charge is 0.258 e. The van der Waals surface area contributed by atoms with Crippen molar-refractivity contribution in [3.63, 3.8) is 0 Å². The molecule has 0 bridgehead atoms. The standard InChI is InChI=1S/C12H6ClN3O2/c13-12-8(7-14)5-6-10(15-12)9-3-1-2-4-11(9)16(17)18/h1-6H. The molecule has 0 spiro atoms. The van der Waals surface area contributed by atoms with Crippen LogP contribution in [-0.4, -0.2) is 9.91 Å². The molecule has 0 atom stereocenters. The van der Waals surface area contributed by atoms with Gasteiger partial charge in [0.1, 0.15) is 11.2 Å². The van der Waals surface area contributed by atoms with Crippen molar-refractivity contribution in [2.45, 2.75) is 0 Å². The molecule has 1 heterocycles. The van der Waals surface area contributed by atoms with E-state index in [1.54, 1.807) is 18.2 Å². The van der Waals surface area contributed by atoms with Crippen molar-refractivity contribution in [1.29, 1.82) is 5.26 Å². The van der Waals surface area contributed by atoms with Gasteiger partial charge in [0.2, 0.25) is 0 Å². The van der Waals surface area contributed by atoms with Crippen LogP contribution in [0.1, 0.15) is 5.56 Å². The first kappa shape index (κ1) is 12.0. The van der Waals surface area contributed by atoms with Crippen LogP contribution < -0.4 is 0 Å². The maximum absolute atomic E-state index is 10.9. The Morgan fingerprint density at radius 1 is 1.28 bits per heavy atom. The van der Waals surface area contributed by atoms with Crippen LogP contribution in [0, 0.1) is 21.4 Å². The topological polar surface area (TPSA) is 79.8 Å². The minimum absolute atomic E-state index is 0.0353. The lowest BCUT2D eigenvalue weighted by atomic mass is 10.1. The zero-order valence-electron chi connectivity index (χ0n) is 9.00. The first-order valence-electron chi connectivity index (χ1n) is 4.94. The third kappa shape index (κ3) is 2.14. The van der Waals surface area contributed by atoms with E-state index in [0.717, 1.165) is 0 Å². The number of halogens is 1. The van der Waals surface area contributed by atoms with Crippen LogP contribution >= 0.6 is 11.6 Å². The van der Waals surface area contributed by atoms with Gasteiger partial charge in [-0.25, -0.2) is 4.98 Å². The van der Waals surface area contributed by atoms with Crippen LogP contribution in [0.25, 0.3) is 11.3 Å². The van der Waals surface area contributed by atoms with Gasteiger partial charge >= 0.3 is 0 Å². The summed E-state index contributed by atoms with van der Waals surface area (Å²) in [5.41, 5.74) is 0.921. The lowest BCUT2D eigenvalue weighted by Crippen LogP contribution is -1.94. The van der Waals surface area contributed by atoms with Crippen molar-refractivity contribution >= 4 is 17.3 Å². The maximum Gasteiger partial charge on any atom is 0.278 e. The number of rotatable bonds is 2. The molecule has 2 aromatic rings. The number of nitro benzene ring substituents is 1. The van der Waals surface area contributed by atoms with Crippen molar-refractivity contribution < 1.29 is 4.92 Å². The van der Waals surface area contributed by atoms with Crippen molar-refractivity contribution in [3.05, 3.63) is 57.2 Å². The van der Waals surface area contributed by atoms with Crippen molar-refractivity contribution in [2.75, 3.05) is 0 Å². The van der Waals surface area contributed by atoms with Gasteiger partial charge < -0.3 is 0 Å². The van der Waals surface area contributed by atoms with E-state index >= 15 is 0 Å². The zero-order chi connectivity index (χ0) is 13.1. The molecule has 0 saturated heterocycles. The molecule has 0 amide bonds. The fourth-order valence-electron chi connectivity index (χ4n) is 1.52. The summed E-state index contributed by atoms with van der Waals surface area (Å²) in [5.74, 6) is 0. The lowest BCUT2D eigenvalue weighted by molar-refractivity contribution is -0.384. The van der Waals surface area contributed by atoms with Gasteiger partial charge in [-0.1, -0.05) is 23.7 Å². The van der Waals surface area contributed by atoms with E-state index in [1.165, 1.54) is 18.2 Å². The summed E-state index contributed by atoms with van der Waals surface area (Å²) in [4.78, 5) is 14.4. The largest absolute Gasteiger partial charge is 0.278 e. The molecule has 0 aliphatic heterocycles. The molecule has 1 aromatic carbocycles. The number of nitriles is 1. The SMILES string of the molecule is N#Cc1ccc(-c2ccccc2[N+](=O)[O-])nc1Cl. The Kier molecular flexibility index (Phi) is 3.22. The summed E-state index contributed by atoms with van der Waals surface area (Å²) in [6.07, 6.45) is 0. The van der Waals surface area contributed by atoms with Gasteiger partial charge in [-0.3, -0.25) is 10.1 Å². The highest BCUT2D eigenvalue weighted by molar-refractivity contribution is 6.30. The highest BCUT2D eigenvalue weighted by Crippen LogP contribution is 2.29. The highest BCUT2D eigenvalue weighted by Gasteiger charge is 2.16. The number of aromatic nitrogens is 1. The molecule has 88 valence electrons. The Morgan fingerprint density at radius 3 is 2.61 bits per heavy atom. The number of para-hydroxylation sites is 1. The first-order chi connectivity index (χ1) is 8.63. The molecule has 0 N–H and O–H groups in total. The molecule has 5 nitrogen and oxygen atoms in total. The Morgan fingerprint density at radius 2 is 2.00 bits per heavy atom. The summed E-state index contributed by atoms with van der Waals surface area (Å²) in [6, 6.07) is 11.1. The van der Waals surface area contributed by atoms with Crippen LogP contribution in [0.5, 0.6) is 0 Å². The monoisotopic (exact) mass is 259 g/mol. The average Bonchev–Trinajstić information content (AvgIpc) is 2.38. The molecule has 6 heteroatoms. The van der Waals surface area contributed by atoms with Gasteiger partial charge in [0.05, 0.1) is 21.7 Å². The highest BCUT2D eigenvalue weighted by atomic mass is 35.5. The van der Waals surface area contributed by atoms with Crippen LogP contribution in [0.15, 0.2) is 36.4 Å². The predicted octanol–water partition coefficient (Wildman–Crippen LogP) is 3.18. The second-order valence-electron chi connectivity index (χ2n) is 3.42. The number of nitro groups is 1. The number of hydrogen-bond donors (Lipinski definition) is 0. The normalized spacial score (nSPS) is 9.78. The second kappa shape index (κ2) is 4.82. The molecule has 0 fully saturated rings. The van der Waals surface area contributed by atoms with E-state index < -0.39 is 4.92 Å². The van der Waals surface area contributed by atoms with E-state index in [1.807, 2.05) is 6.07 Å². The van der Waals surface area contributed by atoms with Gasteiger partial charge in [0, 0.05) is 6.07 Å². The third-order valence-corrected chi connectivity index (χ3v) is 2.63. The van der Waals surface area contributed by atoms with E-state index in [4.69, 9.17) is 16.9 Å². The average molecular weight is 260 g/mol. The quantitative estimate of drug-likeness (QED) is 0.471. The molecule has 0 saturated carbocycles. The van der Waals surface area contributed by atoms with Crippen LogP contribution in [0.3, 0.4) is 0 Å². The van der Waals surface area contributed by atoms with E-state index in [-0.39, 0.29) is 16.4 Å². The van der Waals surface area contributed by atoms with Crippen LogP contribution in [0.2, 0.25) is 5.15 Å². The lowest BCUT2D eigenvalue weighted by Gasteiger charge is -2.03. The fourth-order valence-corrected chi connectivity index (χ4v) is 1.71. The molecule has 18 heavy (non-hydrogen) atoms. The molecule has 0 aliphatic carbocycles. The van der Waals surface area contributed by atoms with Crippen molar-refractivity contribution in [2.24, 2.45) is 0 Å². The Hall–Kier alpha value is -2.45. The number of pyridine rings is 1. The first-order valence-corrected chi connectivity index (χ1v) is 5.31. The molecule has 0 radical (unpaired) electrons. The molecule has 1 aromatic heterocycles. The zero-order valence-corrected chi connectivity index (χ0v) is 9.76. The number of nitrogens with zero attached hydrogens (tertiary/aromatic N) is 3. The Balaban J connectivity index is 2.60. The molecule has 0 unspecified atom stereocenters. The minimum Gasteiger partial charge on any atom is -0.258 e. The van der Waals surface area contributed by atoms with Crippen molar-refractivity contribution in [1.82, 2.24) is 4.98 Å². The minimum atomic E-state index is -0.483. The summed E-state index contributed by atoms with van der Waals surface area (Å²) < 4.78 is 0. The second-order valence-corrected chi connectivity index (χ2v) is 3.78. The summed E-state index contributed by atoms with van der Waals surface area (Å²) in [6.45, 7) is 0. The molecular formula is C12H6ClN3O2. The van der Waals surface area contributed by atoms with Gasteiger partial charge in [0.25, 0.3) is 5.69 Å². The Labute approximate surface area is 107 Å². The predicted molar refractivity (Wildman–Crippen MR) is 66.1 cm³/mol. The van der Waals surface area contributed by atoms with Gasteiger partial charge in [-0.2, -0.15) is 5.26 Å². The number of benzene rings is 1. The van der Waals surface area contributed by atoms with E-state index in [2.05, 4.69) is 4.98 Å². The maximum atomic E-state index is 10.9. The summed E-state index contributed by atoms with van der Waals surface area (Å²) >= 11 is 5.81. The fraction of sp³-hybridized carbons (Fsp3) is 0. The molecular weight excluding hydrogens is 254 g/mol. The van der Waals surface area contributed by atoms with Crippen molar-refractivity contribution in [3.8, 4) is 17.3 Å². The van der Waals surface area contributed by atoms with Gasteiger partial charge in [-0.15, -0.1) is 0 Å². The van der Waals surface area contributed by atoms with Crippen LogP contribution in [-0.2, 0) is 0 Å². The molecule has 2 rings (SSSR count). The third-order valence-electron chi connectivity index (χ3n) is 2.35. The summed E-state index contributed by atoms with van der Waals surface area (Å²) in [7, 11) is 0. The van der Waals surface area contributed by atoms with E-state index in [0.29, 0.717) is 11.3 Å². The van der Waals surface area contributed by atoms with E-state index in [9.17, 15) is 10.1 Å². The molecule has 0 aliphatic rings. The van der Waals surface area contributed by atoms with Gasteiger partial charge in [-0.05, 0) is 18.2 Å². The van der Waals surface area contributed by atoms with Crippen LogP contribution in [0.4, 0.5) is 5.69 Å². The summed E-state index contributed by atoms with van der Waals surface area (Å²) in [5, 5.41) is 19.7.